The fraction of sp³-hybridized carbons (Fsp3) is 0.600. The first-order valence-corrected chi connectivity index (χ1v) is 7.19. The van der Waals surface area contributed by atoms with Gasteiger partial charge in [0.2, 0.25) is 6.29 Å². The smallest absolute Gasteiger partial charge is 0.337 e. The van der Waals surface area contributed by atoms with E-state index >= 15 is 0 Å². The third-order valence-corrected chi connectivity index (χ3v) is 5.00. The average Bonchev–Trinajstić information content (AvgIpc) is 3.07. The van der Waals surface area contributed by atoms with Crippen LogP contribution in [0.1, 0.15) is 6.92 Å². The van der Waals surface area contributed by atoms with Gasteiger partial charge in [0, 0.05) is 5.92 Å². The molecule has 1 aliphatic carbocycles. The van der Waals surface area contributed by atoms with Crippen molar-refractivity contribution in [3.8, 4) is 0 Å². The molecule has 7 nitrogen and oxygen atoms in total. The number of carbonyl (C=O) groups is 2. The number of hydrogen-bond acceptors (Lipinski definition) is 7. The van der Waals surface area contributed by atoms with Gasteiger partial charge in [0.05, 0.1) is 31.0 Å². The van der Waals surface area contributed by atoms with Crippen molar-refractivity contribution in [3.63, 3.8) is 0 Å². The van der Waals surface area contributed by atoms with Gasteiger partial charge in [0.25, 0.3) is 0 Å². The lowest BCUT2D eigenvalue weighted by atomic mass is 9.77. The molecular formula is C15H16O7. The lowest BCUT2D eigenvalue weighted by Crippen LogP contribution is -2.44. The van der Waals surface area contributed by atoms with Crippen LogP contribution >= 0.6 is 0 Å². The summed E-state index contributed by atoms with van der Waals surface area (Å²) in [7, 11) is 1.30. The Kier molecular flexibility index (Phi) is 2.71. The second kappa shape index (κ2) is 4.33. The van der Waals surface area contributed by atoms with Crippen LogP contribution in [0.2, 0.25) is 0 Å². The van der Waals surface area contributed by atoms with Gasteiger partial charge in [0.15, 0.2) is 5.60 Å². The van der Waals surface area contributed by atoms with Gasteiger partial charge in [-0.05, 0) is 13.0 Å². The fourth-order valence-corrected chi connectivity index (χ4v) is 4.04. The van der Waals surface area contributed by atoms with Gasteiger partial charge in [-0.1, -0.05) is 6.08 Å². The Hall–Kier alpha value is -1.86. The monoisotopic (exact) mass is 308 g/mol. The van der Waals surface area contributed by atoms with E-state index in [4.69, 9.17) is 18.9 Å². The zero-order valence-electron chi connectivity index (χ0n) is 12.1. The zero-order chi connectivity index (χ0) is 15.6. The fourth-order valence-electron chi connectivity index (χ4n) is 4.04. The summed E-state index contributed by atoms with van der Waals surface area (Å²) < 4.78 is 21.7. The second-order valence-corrected chi connectivity index (χ2v) is 6.08. The van der Waals surface area contributed by atoms with E-state index in [-0.39, 0.29) is 11.8 Å². The molecule has 4 aliphatic rings. The molecule has 3 aliphatic heterocycles. The predicted molar refractivity (Wildman–Crippen MR) is 70.0 cm³/mol. The van der Waals surface area contributed by atoms with Gasteiger partial charge in [-0.3, -0.25) is 4.79 Å². The third kappa shape index (κ3) is 1.47. The summed E-state index contributed by atoms with van der Waals surface area (Å²) in [6, 6.07) is 0. The van der Waals surface area contributed by atoms with Crippen molar-refractivity contribution in [3.05, 3.63) is 24.0 Å². The van der Waals surface area contributed by atoms with E-state index in [0.717, 1.165) is 0 Å². The zero-order valence-corrected chi connectivity index (χ0v) is 12.1. The Morgan fingerprint density at radius 3 is 2.95 bits per heavy atom. The quantitative estimate of drug-likeness (QED) is 0.562. The van der Waals surface area contributed by atoms with Gasteiger partial charge < -0.3 is 24.1 Å². The normalized spacial score (nSPS) is 45.5. The van der Waals surface area contributed by atoms with Crippen molar-refractivity contribution in [2.45, 2.75) is 31.0 Å². The first-order chi connectivity index (χ1) is 10.5. The molecule has 22 heavy (non-hydrogen) atoms. The topological polar surface area (TPSA) is 91.3 Å². The van der Waals surface area contributed by atoms with Crippen LogP contribution in [0, 0.1) is 17.8 Å². The number of allylic oxidation sites excluding steroid dienone is 1. The van der Waals surface area contributed by atoms with Crippen molar-refractivity contribution in [1.82, 2.24) is 0 Å². The maximum Gasteiger partial charge on any atom is 0.337 e. The summed E-state index contributed by atoms with van der Waals surface area (Å²) in [6.07, 6.45) is 2.81. The molecule has 0 aromatic heterocycles. The molecule has 0 unspecified atom stereocenters. The summed E-state index contributed by atoms with van der Waals surface area (Å²) in [6.45, 7) is 1.53. The van der Waals surface area contributed by atoms with E-state index in [9.17, 15) is 14.7 Å². The molecule has 2 saturated heterocycles. The largest absolute Gasteiger partial charge is 0.471 e. The van der Waals surface area contributed by atoms with Crippen molar-refractivity contribution in [2.75, 3.05) is 7.11 Å². The molecule has 0 aromatic carbocycles. The maximum atomic E-state index is 12.1. The van der Waals surface area contributed by atoms with Crippen LogP contribution in [0.25, 0.3) is 0 Å². The molecule has 0 aromatic rings. The van der Waals surface area contributed by atoms with E-state index in [1.165, 1.54) is 20.3 Å². The number of aliphatic hydroxyl groups is 1. The highest BCUT2D eigenvalue weighted by atomic mass is 16.7. The highest BCUT2D eigenvalue weighted by molar-refractivity contribution is 5.90. The first-order valence-electron chi connectivity index (χ1n) is 7.19. The van der Waals surface area contributed by atoms with Crippen LogP contribution < -0.4 is 0 Å². The molecule has 0 radical (unpaired) electrons. The summed E-state index contributed by atoms with van der Waals surface area (Å²) >= 11 is 0. The highest BCUT2D eigenvalue weighted by Gasteiger charge is 2.72. The van der Waals surface area contributed by atoms with Crippen LogP contribution in [-0.4, -0.2) is 48.3 Å². The average molecular weight is 308 g/mol. The molecule has 2 fully saturated rings. The van der Waals surface area contributed by atoms with E-state index in [1.54, 1.807) is 6.08 Å². The van der Waals surface area contributed by atoms with Gasteiger partial charge >= 0.3 is 11.9 Å². The van der Waals surface area contributed by atoms with Gasteiger partial charge in [-0.2, -0.15) is 0 Å². The lowest BCUT2D eigenvalue weighted by Gasteiger charge is -2.32. The van der Waals surface area contributed by atoms with E-state index in [1.807, 2.05) is 6.08 Å². The van der Waals surface area contributed by atoms with Crippen molar-refractivity contribution >= 4 is 11.9 Å². The molecule has 7 atom stereocenters. The number of methoxy groups -OCH3 is 1. The molecule has 7 heteroatoms. The molecular weight excluding hydrogens is 292 g/mol. The van der Waals surface area contributed by atoms with Crippen LogP contribution in [0.5, 0.6) is 0 Å². The van der Waals surface area contributed by atoms with Crippen LogP contribution in [0.4, 0.5) is 0 Å². The molecule has 118 valence electrons. The number of esters is 2. The Morgan fingerprint density at radius 2 is 2.27 bits per heavy atom. The molecule has 1 spiro atoms. The Labute approximate surface area is 126 Å². The van der Waals surface area contributed by atoms with Gasteiger partial charge in [-0.15, -0.1) is 0 Å². The summed E-state index contributed by atoms with van der Waals surface area (Å²) in [5.74, 6) is -2.37. The first kappa shape index (κ1) is 13.8. The second-order valence-electron chi connectivity index (χ2n) is 6.08. The number of carbonyl (C=O) groups excluding carboxylic acids is 2. The standard InChI is InChI=1S/C15H16O7/c1-6(16)9-11-15(22-13(9)18)4-3-7-8(12(17)19-2)5-20-14(21-11)10(7)15/h3-7,9-11,14,16H,1-2H3/t6-,7-,9-,10-,11+,14+,15-/m0/s1. The summed E-state index contributed by atoms with van der Waals surface area (Å²) in [4.78, 5) is 24.0. The molecule has 0 saturated carbocycles. The van der Waals surface area contributed by atoms with Gasteiger partial charge in [-0.25, -0.2) is 4.79 Å². The summed E-state index contributed by atoms with van der Waals surface area (Å²) in [5.41, 5.74) is -0.612. The Balaban J connectivity index is 1.74. The SMILES string of the molecule is COC(=O)C1=CO[C@@H]2O[C@@H]3[C@H]([C@H](C)O)C(=O)O[C@]34C=C[C@@H]1[C@@H]24. The van der Waals surface area contributed by atoms with Crippen molar-refractivity contribution in [2.24, 2.45) is 17.8 Å². The van der Waals surface area contributed by atoms with Crippen molar-refractivity contribution in [1.29, 1.82) is 0 Å². The molecule has 4 rings (SSSR count). The minimum absolute atomic E-state index is 0.295. The third-order valence-electron chi connectivity index (χ3n) is 5.00. The lowest BCUT2D eigenvalue weighted by molar-refractivity contribution is -0.166. The predicted octanol–water partition coefficient (Wildman–Crippen LogP) is -0.107. The molecule has 1 N–H and O–H groups in total. The number of ether oxygens (including phenoxy) is 4. The van der Waals surface area contributed by atoms with Crippen LogP contribution in [0.15, 0.2) is 24.0 Å². The maximum absolute atomic E-state index is 12.1. The number of hydrogen-bond donors (Lipinski definition) is 1. The van der Waals surface area contributed by atoms with E-state index in [0.29, 0.717) is 5.57 Å². The highest BCUT2D eigenvalue weighted by Crippen LogP contribution is 2.58. The number of rotatable bonds is 2. The van der Waals surface area contributed by atoms with Crippen molar-refractivity contribution < 1.29 is 33.6 Å². The van der Waals surface area contributed by atoms with Crippen LogP contribution in [-0.2, 0) is 28.5 Å². The minimum atomic E-state index is -0.985. The van der Waals surface area contributed by atoms with E-state index < -0.39 is 42.0 Å². The van der Waals surface area contributed by atoms with E-state index in [2.05, 4.69) is 0 Å². The minimum Gasteiger partial charge on any atom is -0.471 e. The van der Waals surface area contributed by atoms with Gasteiger partial charge in [0.1, 0.15) is 12.0 Å². The molecule has 0 bridgehead atoms. The summed E-state index contributed by atoms with van der Waals surface area (Å²) in [5, 5.41) is 9.87. The Morgan fingerprint density at radius 1 is 1.50 bits per heavy atom. The van der Waals surface area contributed by atoms with Crippen LogP contribution in [0.3, 0.4) is 0 Å². The molecule has 3 heterocycles. The molecule has 0 amide bonds. The Bertz CT molecular complexity index is 607. The number of aliphatic hydroxyl groups excluding tert-OH is 1.